The monoisotopic (exact) mass is 182 g/mol. The molecule has 1 saturated heterocycles. The predicted molar refractivity (Wildman–Crippen MR) is 49.3 cm³/mol. The van der Waals surface area contributed by atoms with Crippen LogP contribution in [-0.2, 0) is 4.79 Å². The van der Waals surface area contributed by atoms with Gasteiger partial charge in [0.15, 0.2) is 0 Å². The van der Waals surface area contributed by atoms with Crippen molar-refractivity contribution in [2.75, 3.05) is 19.6 Å². The van der Waals surface area contributed by atoms with Crippen LogP contribution in [0.25, 0.3) is 0 Å². The molecule has 1 rings (SSSR count). The molecule has 4 nitrogen and oxygen atoms in total. The van der Waals surface area contributed by atoms with Crippen molar-refractivity contribution >= 4 is 5.97 Å². The van der Waals surface area contributed by atoms with Gasteiger partial charge in [-0.05, 0) is 25.9 Å². The first kappa shape index (κ1) is 10.0. The Morgan fingerprint density at radius 3 is 2.69 bits per heavy atom. The zero-order valence-electron chi connectivity index (χ0n) is 7.47. The second kappa shape index (κ2) is 4.26. The van der Waals surface area contributed by atoms with Crippen LogP contribution in [0.4, 0.5) is 0 Å². The predicted octanol–water partition coefficient (Wildman–Crippen LogP) is -0.584. The van der Waals surface area contributed by atoms with Crippen molar-refractivity contribution < 1.29 is 9.90 Å². The van der Waals surface area contributed by atoms with Crippen LogP contribution in [0.3, 0.4) is 0 Å². The van der Waals surface area contributed by atoms with E-state index in [0.29, 0.717) is 19.4 Å². The number of carbonyl (C=O) groups is 1. The molecule has 0 bridgehead atoms. The van der Waals surface area contributed by atoms with Gasteiger partial charge in [-0.3, -0.25) is 10.1 Å². The smallest absolute Gasteiger partial charge is 0.324 e. The number of terminal acetylenes is 1. The Morgan fingerprint density at radius 2 is 2.23 bits per heavy atom. The van der Waals surface area contributed by atoms with Crippen molar-refractivity contribution in [3.8, 4) is 12.3 Å². The Labute approximate surface area is 77.7 Å². The minimum absolute atomic E-state index is 0.312. The molecule has 0 unspecified atom stereocenters. The number of carboxylic acid groups (broad SMARTS) is 1. The van der Waals surface area contributed by atoms with Gasteiger partial charge in [0, 0.05) is 0 Å². The molecule has 1 aliphatic rings. The van der Waals surface area contributed by atoms with E-state index in [2.05, 4.69) is 16.6 Å². The van der Waals surface area contributed by atoms with Gasteiger partial charge in [0.1, 0.15) is 5.54 Å². The Balaban J connectivity index is 2.62. The third-order valence-electron chi connectivity index (χ3n) is 2.40. The minimum Gasteiger partial charge on any atom is -0.480 e. The maximum absolute atomic E-state index is 11.0. The molecule has 0 aliphatic carbocycles. The van der Waals surface area contributed by atoms with Crippen molar-refractivity contribution in [3.63, 3.8) is 0 Å². The van der Waals surface area contributed by atoms with Crippen LogP contribution in [0.1, 0.15) is 12.8 Å². The standard InChI is InChI=1S/C9H14N2O2/c1-2-5-11-9(8(12)13)3-6-10-7-4-9/h1,10-11H,3-7H2,(H,12,13). The second-order valence-corrected chi connectivity index (χ2v) is 3.19. The lowest BCUT2D eigenvalue weighted by molar-refractivity contribution is -0.146. The van der Waals surface area contributed by atoms with E-state index < -0.39 is 11.5 Å². The molecule has 0 aromatic carbocycles. The minimum atomic E-state index is -0.808. The zero-order valence-corrected chi connectivity index (χ0v) is 7.47. The van der Waals surface area contributed by atoms with Crippen LogP contribution in [-0.4, -0.2) is 36.2 Å². The Bertz CT molecular complexity index is 226. The third kappa shape index (κ3) is 2.20. The molecule has 0 spiro atoms. The first-order chi connectivity index (χ1) is 6.21. The van der Waals surface area contributed by atoms with E-state index in [1.165, 1.54) is 0 Å². The lowest BCUT2D eigenvalue weighted by atomic mass is 9.88. The molecule has 0 atom stereocenters. The van der Waals surface area contributed by atoms with Gasteiger partial charge >= 0.3 is 5.97 Å². The van der Waals surface area contributed by atoms with Gasteiger partial charge in [0.2, 0.25) is 0 Å². The summed E-state index contributed by atoms with van der Waals surface area (Å²) < 4.78 is 0. The molecule has 0 aromatic heterocycles. The van der Waals surface area contributed by atoms with Gasteiger partial charge < -0.3 is 10.4 Å². The fourth-order valence-electron chi connectivity index (χ4n) is 1.54. The first-order valence-corrected chi connectivity index (χ1v) is 4.34. The number of hydrogen-bond acceptors (Lipinski definition) is 3. The number of nitrogens with one attached hydrogen (secondary N) is 2. The van der Waals surface area contributed by atoms with E-state index >= 15 is 0 Å². The van der Waals surface area contributed by atoms with E-state index in [4.69, 9.17) is 11.5 Å². The van der Waals surface area contributed by atoms with E-state index in [1.54, 1.807) is 0 Å². The third-order valence-corrected chi connectivity index (χ3v) is 2.40. The highest BCUT2D eigenvalue weighted by atomic mass is 16.4. The summed E-state index contributed by atoms with van der Waals surface area (Å²) in [5, 5.41) is 15.1. The summed E-state index contributed by atoms with van der Waals surface area (Å²) >= 11 is 0. The number of aliphatic carboxylic acids is 1. The molecule has 72 valence electrons. The molecular weight excluding hydrogens is 168 g/mol. The highest BCUT2D eigenvalue weighted by Crippen LogP contribution is 2.17. The number of rotatable bonds is 3. The summed E-state index contributed by atoms with van der Waals surface area (Å²) in [6.07, 6.45) is 6.26. The number of carboxylic acids is 1. The summed E-state index contributed by atoms with van der Waals surface area (Å²) in [7, 11) is 0. The van der Waals surface area contributed by atoms with Crippen LogP contribution in [0.2, 0.25) is 0 Å². The molecular formula is C9H14N2O2. The molecule has 3 N–H and O–H groups in total. The average molecular weight is 182 g/mol. The second-order valence-electron chi connectivity index (χ2n) is 3.19. The highest BCUT2D eigenvalue weighted by Gasteiger charge is 2.38. The van der Waals surface area contributed by atoms with Crippen molar-refractivity contribution in [1.29, 1.82) is 0 Å². The fourth-order valence-corrected chi connectivity index (χ4v) is 1.54. The Kier molecular flexibility index (Phi) is 3.29. The van der Waals surface area contributed by atoms with Crippen LogP contribution in [0.5, 0.6) is 0 Å². The molecule has 0 aromatic rings. The molecule has 4 heteroatoms. The zero-order chi connectivity index (χ0) is 9.73. The number of hydrogen-bond donors (Lipinski definition) is 3. The molecule has 1 heterocycles. The van der Waals surface area contributed by atoms with Gasteiger partial charge in [-0.2, -0.15) is 0 Å². The Hall–Kier alpha value is -1.05. The fraction of sp³-hybridized carbons (Fsp3) is 0.667. The van der Waals surface area contributed by atoms with Crippen LogP contribution in [0.15, 0.2) is 0 Å². The van der Waals surface area contributed by atoms with Crippen LogP contribution in [0, 0.1) is 12.3 Å². The van der Waals surface area contributed by atoms with E-state index in [1.807, 2.05) is 0 Å². The van der Waals surface area contributed by atoms with Crippen molar-refractivity contribution in [2.24, 2.45) is 0 Å². The summed E-state index contributed by atoms with van der Waals surface area (Å²) in [5.41, 5.74) is -0.808. The Morgan fingerprint density at radius 1 is 1.62 bits per heavy atom. The topological polar surface area (TPSA) is 61.4 Å². The normalized spacial score (nSPS) is 20.5. The first-order valence-electron chi connectivity index (χ1n) is 4.34. The van der Waals surface area contributed by atoms with E-state index in [0.717, 1.165) is 13.1 Å². The van der Waals surface area contributed by atoms with E-state index in [9.17, 15) is 4.79 Å². The molecule has 13 heavy (non-hydrogen) atoms. The van der Waals surface area contributed by atoms with Crippen molar-refractivity contribution in [1.82, 2.24) is 10.6 Å². The van der Waals surface area contributed by atoms with Gasteiger partial charge in [-0.15, -0.1) is 6.42 Å². The summed E-state index contributed by atoms with van der Waals surface area (Å²) in [6.45, 7) is 1.76. The van der Waals surface area contributed by atoms with Gasteiger partial charge in [0.25, 0.3) is 0 Å². The maximum atomic E-state index is 11.0. The van der Waals surface area contributed by atoms with Gasteiger partial charge in [0.05, 0.1) is 6.54 Å². The molecule has 1 fully saturated rings. The lowest BCUT2D eigenvalue weighted by Gasteiger charge is -2.33. The summed E-state index contributed by atoms with van der Waals surface area (Å²) in [6, 6.07) is 0. The largest absolute Gasteiger partial charge is 0.480 e. The SMILES string of the molecule is C#CCNC1(C(=O)O)CCNCC1. The van der Waals surface area contributed by atoms with Crippen molar-refractivity contribution in [3.05, 3.63) is 0 Å². The van der Waals surface area contributed by atoms with Gasteiger partial charge in [-0.1, -0.05) is 5.92 Å². The highest BCUT2D eigenvalue weighted by molar-refractivity contribution is 5.79. The average Bonchev–Trinajstić information content (AvgIpc) is 2.16. The molecule has 0 amide bonds. The van der Waals surface area contributed by atoms with Gasteiger partial charge in [-0.25, -0.2) is 0 Å². The van der Waals surface area contributed by atoms with Crippen molar-refractivity contribution in [2.45, 2.75) is 18.4 Å². The summed E-state index contributed by atoms with van der Waals surface area (Å²) in [4.78, 5) is 11.0. The molecule has 0 saturated carbocycles. The molecule has 1 aliphatic heterocycles. The van der Waals surface area contributed by atoms with Crippen LogP contribution < -0.4 is 10.6 Å². The lowest BCUT2D eigenvalue weighted by Crippen LogP contribution is -2.57. The maximum Gasteiger partial charge on any atom is 0.324 e. The van der Waals surface area contributed by atoms with E-state index in [-0.39, 0.29) is 0 Å². The molecule has 0 radical (unpaired) electrons. The number of piperidine rings is 1. The quantitative estimate of drug-likeness (QED) is 0.511. The van der Waals surface area contributed by atoms with Crippen LogP contribution >= 0.6 is 0 Å². The summed E-state index contributed by atoms with van der Waals surface area (Å²) in [5.74, 6) is 1.60.